The second-order valence-electron chi connectivity index (χ2n) is 5.40. The molecule has 20 heavy (non-hydrogen) atoms. The molecular formula is C15H21N3O2. The minimum absolute atomic E-state index is 0.129. The number of nitrogens with one attached hydrogen (secondary N) is 1. The number of anilines is 1. The SMILES string of the molecule is Cc1ccc(C(C)Nc2cnn(CC3CCCO3)c2)o1. The van der Waals surface area contributed by atoms with Gasteiger partial charge in [0.25, 0.3) is 0 Å². The highest BCUT2D eigenvalue weighted by molar-refractivity contribution is 5.40. The van der Waals surface area contributed by atoms with Gasteiger partial charge < -0.3 is 14.5 Å². The zero-order valence-corrected chi connectivity index (χ0v) is 12.0. The molecule has 3 heterocycles. The Bertz CT molecular complexity index is 555. The van der Waals surface area contributed by atoms with Crippen LogP contribution in [0.3, 0.4) is 0 Å². The molecule has 1 aliphatic heterocycles. The van der Waals surface area contributed by atoms with Crippen LogP contribution in [0.1, 0.15) is 37.3 Å². The summed E-state index contributed by atoms with van der Waals surface area (Å²) in [6.45, 7) is 5.74. The van der Waals surface area contributed by atoms with Gasteiger partial charge in [-0.3, -0.25) is 4.68 Å². The molecule has 3 rings (SSSR count). The van der Waals surface area contributed by atoms with Gasteiger partial charge in [0.1, 0.15) is 11.5 Å². The van der Waals surface area contributed by atoms with E-state index >= 15 is 0 Å². The Morgan fingerprint density at radius 1 is 1.50 bits per heavy atom. The van der Waals surface area contributed by atoms with E-state index in [9.17, 15) is 0 Å². The molecule has 0 aliphatic carbocycles. The summed E-state index contributed by atoms with van der Waals surface area (Å²) in [4.78, 5) is 0. The summed E-state index contributed by atoms with van der Waals surface area (Å²) in [6, 6.07) is 4.11. The topological polar surface area (TPSA) is 52.2 Å². The lowest BCUT2D eigenvalue weighted by Crippen LogP contribution is -2.15. The number of rotatable bonds is 5. The smallest absolute Gasteiger partial charge is 0.126 e. The van der Waals surface area contributed by atoms with Crippen molar-refractivity contribution >= 4 is 5.69 Å². The molecule has 0 bridgehead atoms. The highest BCUT2D eigenvalue weighted by Gasteiger charge is 2.17. The molecule has 1 saturated heterocycles. The molecular weight excluding hydrogens is 254 g/mol. The van der Waals surface area contributed by atoms with Crippen LogP contribution in [0.5, 0.6) is 0 Å². The number of hydrogen-bond donors (Lipinski definition) is 1. The van der Waals surface area contributed by atoms with E-state index in [0.29, 0.717) is 6.10 Å². The second kappa shape index (κ2) is 5.71. The molecule has 5 heteroatoms. The van der Waals surface area contributed by atoms with Crippen molar-refractivity contribution in [2.45, 2.75) is 45.4 Å². The minimum Gasteiger partial charge on any atom is -0.464 e. The zero-order chi connectivity index (χ0) is 13.9. The lowest BCUT2D eigenvalue weighted by molar-refractivity contribution is 0.0940. The second-order valence-corrected chi connectivity index (χ2v) is 5.40. The average molecular weight is 275 g/mol. The minimum atomic E-state index is 0.129. The highest BCUT2D eigenvalue weighted by Crippen LogP contribution is 2.21. The number of nitrogens with zero attached hydrogens (tertiary/aromatic N) is 2. The quantitative estimate of drug-likeness (QED) is 0.910. The van der Waals surface area contributed by atoms with Gasteiger partial charge in [-0.15, -0.1) is 0 Å². The van der Waals surface area contributed by atoms with Crippen molar-refractivity contribution in [2.24, 2.45) is 0 Å². The van der Waals surface area contributed by atoms with Gasteiger partial charge in [0.05, 0.1) is 30.6 Å². The Hall–Kier alpha value is -1.75. The number of aromatic nitrogens is 2. The molecule has 2 aromatic rings. The summed E-state index contributed by atoms with van der Waals surface area (Å²) in [5.74, 6) is 1.87. The van der Waals surface area contributed by atoms with Gasteiger partial charge in [-0.1, -0.05) is 0 Å². The van der Waals surface area contributed by atoms with E-state index in [4.69, 9.17) is 9.15 Å². The van der Waals surface area contributed by atoms with E-state index in [1.54, 1.807) is 0 Å². The third-order valence-corrected chi connectivity index (χ3v) is 3.62. The number of ether oxygens (including phenoxy) is 1. The first-order chi connectivity index (χ1) is 9.70. The molecule has 108 valence electrons. The van der Waals surface area contributed by atoms with Gasteiger partial charge >= 0.3 is 0 Å². The van der Waals surface area contributed by atoms with Crippen LogP contribution in [-0.4, -0.2) is 22.5 Å². The van der Waals surface area contributed by atoms with Crippen LogP contribution in [0.4, 0.5) is 5.69 Å². The van der Waals surface area contributed by atoms with Crippen LogP contribution in [0.2, 0.25) is 0 Å². The van der Waals surface area contributed by atoms with Crippen LogP contribution >= 0.6 is 0 Å². The van der Waals surface area contributed by atoms with Crippen molar-refractivity contribution in [2.75, 3.05) is 11.9 Å². The maximum atomic E-state index is 5.62. The van der Waals surface area contributed by atoms with Crippen molar-refractivity contribution in [1.82, 2.24) is 9.78 Å². The van der Waals surface area contributed by atoms with Crippen molar-refractivity contribution in [1.29, 1.82) is 0 Å². The number of hydrogen-bond acceptors (Lipinski definition) is 4. The molecule has 2 unspecified atom stereocenters. The largest absolute Gasteiger partial charge is 0.464 e. The van der Waals surface area contributed by atoms with E-state index in [1.807, 2.05) is 36.1 Å². The van der Waals surface area contributed by atoms with E-state index in [2.05, 4.69) is 17.3 Å². The fourth-order valence-corrected chi connectivity index (χ4v) is 2.54. The Morgan fingerprint density at radius 2 is 2.40 bits per heavy atom. The molecule has 0 amide bonds. The van der Waals surface area contributed by atoms with Gasteiger partial charge in [0.15, 0.2) is 0 Å². The molecule has 1 N–H and O–H groups in total. The normalized spacial score (nSPS) is 20.2. The van der Waals surface area contributed by atoms with Gasteiger partial charge in [-0.05, 0) is 38.8 Å². The lowest BCUT2D eigenvalue weighted by Gasteiger charge is -2.11. The summed E-state index contributed by atoms with van der Waals surface area (Å²) < 4.78 is 13.2. The highest BCUT2D eigenvalue weighted by atomic mass is 16.5. The van der Waals surface area contributed by atoms with Crippen molar-refractivity contribution in [3.63, 3.8) is 0 Å². The van der Waals surface area contributed by atoms with Crippen LogP contribution in [0.25, 0.3) is 0 Å². The molecule has 0 radical (unpaired) electrons. The monoisotopic (exact) mass is 275 g/mol. The fraction of sp³-hybridized carbons (Fsp3) is 0.533. The third-order valence-electron chi connectivity index (χ3n) is 3.62. The summed E-state index contributed by atoms with van der Waals surface area (Å²) in [7, 11) is 0. The Balaban J connectivity index is 1.59. The molecule has 2 atom stereocenters. The Kier molecular flexibility index (Phi) is 3.78. The zero-order valence-electron chi connectivity index (χ0n) is 12.0. The maximum Gasteiger partial charge on any atom is 0.126 e. The third kappa shape index (κ3) is 3.04. The number of aryl methyl sites for hydroxylation is 1. The molecule has 0 saturated carbocycles. The maximum absolute atomic E-state index is 5.62. The summed E-state index contributed by atoms with van der Waals surface area (Å²) in [6.07, 6.45) is 6.47. The summed E-state index contributed by atoms with van der Waals surface area (Å²) in [5, 5.41) is 7.77. The van der Waals surface area contributed by atoms with Crippen molar-refractivity contribution in [3.05, 3.63) is 36.0 Å². The fourth-order valence-electron chi connectivity index (χ4n) is 2.54. The van der Waals surface area contributed by atoms with E-state index in [0.717, 1.165) is 43.2 Å². The van der Waals surface area contributed by atoms with Crippen molar-refractivity contribution in [3.8, 4) is 0 Å². The van der Waals surface area contributed by atoms with Crippen LogP contribution in [0.15, 0.2) is 28.9 Å². The predicted octanol–water partition coefficient (Wildman–Crippen LogP) is 3.14. The first-order valence-corrected chi connectivity index (χ1v) is 7.17. The molecule has 2 aromatic heterocycles. The van der Waals surface area contributed by atoms with Crippen molar-refractivity contribution < 1.29 is 9.15 Å². The predicted molar refractivity (Wildman–Crippen MR) is 76.7 cm³/mol. The Morgan fingerprint density at radius 3 is 3.10 bits per heavy atom. The standard InChI is InChI=1S/C15H21N3O2/c1-11-5-6-15(20-11)12(2)17-13-8-16-18(9-13)10-14-4-3-7-19-14/h5-6,8-9,12,14,17H,3-4,7,10H2,1-2H3. The summed E-state index contributed by atoms with van der Waals surface area (Å²) >= 11 is 0. The molecule has 0 spiro atoms. The van der Waals surface area contributed by atoms with Crippen LogP contribution < -0.4 is 5.32 Å². The first-order valence-electron chi connectivity index (χ1n) is 7.17. The van der Waals surface area contributed by atoms with E-state index < -0.39 is 0 Å². The lowest BCUT2D eigenvalue weighted by atomic mass is 10.2. The first kappa shape index (κ1) is 13.2. The van der Waals surface area contributed by atoms with Gasteiger partial charge in [0.2, 0.25) is 0 Å². The molecule has 0 aromatic carbocycles. The van der Waals surface area contributed by atoms with E-state index in [1.165, 1.54) is 0 Å². The van der Waals surface area contributed by atoms with Crippen LogP contribution in [0, 0.1) is 6.92 Å². The van der Waals surface area contributed by atoms with E-state index in [-0.39, 0.29) is 6.04 Å². The van der Waals surface area contributed by atoms with Crippen LogP contribution in [-0.2, 0) is 11.3 Å². The van der Waals surface area contributed by atoms with Gasteiger partial charge in [0, 0.05) is 12.8 Å². The number of furan rings is 1. The molecule has 5 nitrogen and oxygen atoms in total. The summed E-state index contributed by atoms with van der Waals surface area (Å²) in [5.41, 5.74) is 1.00. The van der Waals surface area contributed by atoms with Gasteiger partial charge in [-0.25, -0.2) is 0 Å². The molecule has 1 aliphatic rings. The van der Waals surface area contributed by atoms with Gasteiger partial charge in [-0.2, -0.15) is 5.10 Å². The Labute approximate surface area is 118 Å². The molecule has 1 fully saturated rings. The average Bonchev–Trinajstić information content (AvgIpc) is 3.13.